The van der Waals surface area contributed by atoms with Crippen molar-refractivity contribution in [3.63, 3.8) is 0 Å². The maximum absolute atomic E-state index is 12.2. The topological polar surface area (TPSA) is 111 Å². The lowest BCUT2D eigenvalue weighted by molar-refractivity contribution is -0.384. The van der Waals surface area contributed by atoms with E-state index in [0.717, 1.165) is 17.6 Å². The van der Waals surface area contributed by atoms with E-state index in [0.29, 0.717) is 16.5 Å². The van der Waals surface area contributed by atoms with E-state index in [2.05, 4.69) is 15.2 Å². The Bertz CT molecular complexity index is 729. The van der Waals surface area contributed by atoms with Crippen LogP contribution >= 0.6 is 11.8 Å². The molecule has 0 fully saturated rings. The number of nitro benzene ring substituents is 1. The number of aryl methyl sites for hydroxylation is 1. The van der Waals surface area contributed by atoms with E-state index >= 15 is 0 Å². The number of hydrogen-bond donors (Lipinski definition) is 1. The Kier molecular flexibility index (Phi) is 5.32. The van der Waals surface area contributed by atoms with Crippen molar-refractivity contribution in [3.8, 4) is 0 Å². The van der Waals surface area contributed by atoms with Gasteiger partial charge in [-0.2, -0.15) is 0 Å². The maximum Gasteiger partial charge on any atom is 0.339 e. The summed E-state index contributed by atoms with van der Waals surface area (Å²) in [5, 5.41) is 18.2. The Balaban J connectivity index is 2.36. The van der Waals surface area contributed by atoms with Crippen LogP contribution in [0.4, 0.5) is 5.69 Å². The summed E-state index contributed by atoms with van der Waals surface area (Å²) in [5.74, 6) is 0.109. The number of aromatic nitrogens is 3. The van der Waals surface area contributed by atoms with Crippen molar-refractivity contribution in [1.29, 1.82) is 0 Å². The highest BCUT2D eigenvalue weighted by Crippen LogP contribution is 2.31. The van der Waals surface area contributed by atoms with Crippen molar-refractivity contribution in [3.05, 3.63) is 39.7 Å². The first-order valence-electron chi connectivity index (χ1n) is 6.99. The van der Waals surface area contributed by atoms with Gasteiger partial charge in [0.15, 0.2) is 0 Å². The van der Waals surface area contributed by atoms with Gasteiger partial charge in [0.25, 0.3) is 5.69 Å². The quantitative estimate of drug-likeness (QED) is 0.490. The van der Waals surface area contributed by atoms with E-state index in [1.807, 2.05) is 6.92 Å². The third kappa shape index (κ3) is 4.28. The van der Waals surface area contributed by atoms with Gasteiger partial charge in [-0.3, -0.25) is 15.2 Å². The maximum atomic E-state index is 12.2. The summed E-state index contributed by atoms with van der Waals surface area (Å²) in [6.07, 6.45) is 0.380. The fourth-order valence-corrected chi connectivity index (χ4v) is 2.57. The van der Waals surface area contributed by atoms with Crippen molar-refractivity contribution in [2.75, 3.05) is 0 Å². The second kappa shape index (κ2) is 7.23. The van der Waals surface area contributed by atoms with Gasteiger partial charge < -0.3 is 4.74 Å². The fraction of sp³-hybridized carbons (Fsp3) is 0.357. The van der Waals surface area contributed by atoms with Crippen LogP contribution in [0.3, 0.4) is 0 Å². The van der Waals surface area contributed by atoms with Gasteiger partial charge >= 0.3 is 5.97 Å². The van der Waals surface area contributed by atoms with Crippen molar-refractivity contribution < 1.29 is 14.5 Å². The molecule has 0 aliphatic heterocycles. The van der Waals surface area contributed by atoms with Gasteiger partial charge in [0, 0.05) is 23.4 Å². The lowest BCUT2D eigenvalue weighted by Gasteiger charge is -2.10. The molecule has 122 valence electrons. The number of rotatable bonds is 6. The van der Waals surface area contributed by atoms with Gasteiger partial charge in [-0.05, 0) is 31.7 Å². The lowest BCUT2D eigenvalue weighted by Crippen LogP contribution is -2.12. The molecule has 0 saturated carbocycles. The Hall–Kier alpha value is -2.42. The van der Waals surface area contributed by atoms with Crippen LogP contribution in [0.25, 0.3) is 0 Å². The Morgan fingerprint density at radius 2 is 2.22 bits per heavy atom. The number of H-pyrrole nitrogens is 1. The molecule has 0 atom stereocenters. The number of nitrogens with zero attached hydrogens (tertiary/aromatic N) is 3. The van der Waals surface area contributed by atoms with Gasteiger partial charge in [0.05, 0.1) is 16.6 Å². The van der Waals surface area contributed by atoms with Crippen molar-refractivity contribution in [2.24, 2.45) is 0 Å². The average molecular weight is 336 g/mol. The van der Waals surface area contributed by atoms with E-state index < -0.39 is 10.9 Å². The SMILES string of the molecule is CCc1nc(Sc2ccc([N+](=O)[O-])cc2C(=O)OC(C)C)n[nH]1. The molecule has 8 nitrogen and oxygen atoms in total. The molecule has 0 spiro atoms. The van der Waals surface area contributed by atoms with Crippen LogP contribution in [0.15, 0.2) is 28.3 Å². The van der Waals surface area contributed by atoms with Crippen LogP contribution in [0.1, 0.15) is 37.0 Å². The van der Waals surface area contributed by atoms with Crippen LogP contribution in [0.5, 0.6) is 0 Å². The molecule has 0 saturated heterocycles. The number of esters is 1. The monoisotopic (exact) mass is 336 g/mol. The number of carbonyl (C=O) groups is 1. The standard InChI is InChI=1S/C14H16N4O4S/c1-4-12-15-14(17-16-12)23-11-6-5-9(18(20)21)7-10(11)13(19)22-8(2)3/h5-8H,4H2,1-3H3,(H,15,16,17). The molecule has 2 rings (SSSR count). The Morgan fingerprint density at radius 1 is 1.48 bits per heavy atom. The summed E-state index contributed by atoms with van der Waals surface area (Å²) in [6.45, 7) is 5.36. The summed E-state index contributed by atoms with van der Waals surface area (Å²) < 4.78 is 5.15. The second-order valence-electron chi connectivity index (χ2n) is 4.91. The van der Waals surface area contributed by atoms with Crippen LogP contribution in [0.2, 0.25) is 0 Å². The second-order valence-corrected chi connectivity index (χ2v) is 5.92. The zero-order valence-corrected chi connectivity index (χ0v) is 13.7. The number of benzene rings is 1. The number of nitro groups is 1. The molecule has 0 radical (unpaired) electrons. The largest absolute Gasteiger partial charge is 0.459 e. The minimum atomic E-state index is -0.613. The molecule has 0 amide bonds. The molecule has 9 heteroatoms. The van der Waals surface area contributed by atoms with Gasteiger partial charge in [0.1, 0.15) is 5.82 Å². The van der Waals surface area contributed by atoms with Crippen LogP contribution < -0.4 is 0 Å². The molecule has 1 heterocycles. The van der Waals surface area contributed by atoms with E-state index in [4.69, 9.17) is 4.74 Å². The van der Waals surface area contributed by atoms with E-state index in [1.54, 1.807) is 13.8 Å². The number of non-ortho nitro benzene ring substituents is 1. The molecule has 1 aromatic carbocycles. The number of nitrogens with one attached hydrogen (secondary N) is 1. The summed E-state index contributed by atoms with van der Waals surface area (Å²) in [4.78, 5) is 27.3. The Morgan fingerprint density at radius 3 is 2.78 bits per heavy atom. The lowest BCUT2D eigenvalue weighted by atomic mass is 10.2. The molecular weight excluding hydrogens is 320 g/mol. The summed E-state index contributed by atoms with van der Waals surface area (Å²) in [6, 6.07) is 4.05. The predicted molar refractivity (Wildman–Crippen MR) is 83.5 cm³/mol. The zero-order chi connectivity index (χ0) is 17.0. The van der Waals surface area contributed by atoms with E-state index in [-0.39, 0.29) is 17.4 Å². The van der Waals surface area contributed by atoms with Gasteiger partial charge in [-0.15, -0.1) is 5.10 Å². The summed E-state index contributed by atoms with van der Waals surface area (Å²) >= 11 is 1.15. The van der Waals surface area contributed by atoms with Crippen molar-refractivity contribution in [2.45, 2.75) is 43.3 Å². The van der Waals surface area contributed by atoms with Gasteiger partial charge in [-0.25, -0.2) is 9.78 Å². The highest BCUT2D eigenvalue weighted by molar-refractivity contribution is 7.99. The molecule has 23 heavy (non-hydrogen) atoms. The molecule has 1 N–H and O–H groups in total. The number of hydrogen-bond acceptors (Lipinski definition) is 7. The summed E-state index contributed by atoms with van der Waals surface area (Å²) in [7, 11) is 0. The smallest absolute Gasteiger partial charge is 0.339 e. The highest BCUT2D eigenvalue weighted by atomic mass is 32.2. The highest BCUT2D eigenvalue weighted by Gasteiger charge is 2.20. The normalized spacial score (nSPS) is 10.8. The molecule has 1 aromatic heterocycles. The molecule has 2 aromatic rings. The van der Waals surface area contributed by atoms with E-state index in [9.17, 15) is 14.9 Å². The number of carbonyl (C=O) groups excluding carboxylic acids is 1. The minimum absolute atomic E-state index is 0.126. The number of aromatic amines is 1. The third-order valence-electron chi connectivity index (χ3n) is 2.78. The minimum Gasteiger partial charge on any atom is -0.459 e. The summed E-state index contributed by atoms with van der Waals surface area (Å²) in [5.41, 5.74) is -0.0463. The van der Waals surface area contributed by atoms with Crippen molar-refractivity contribution >= 4 is 23.4 Å². The van der Waals surface area contributed by atoms with E-state index in [1.165, 1.54) is 18.2 Å². The predicted octanol–water partition coefficient (Wildman–Crippen LogP) is 2.99. The van der Waals surface area contributed by atoms with Crippen LogP contribution in [0, 0.1) is 10.1 Å². The molecular formula is C14H16N4O4S. The average Bonchev–Trinajstić information content (AvgIpc) is 2.94. The molecule has 0 unspecified atom stereocenters. The van der Waals surface area contributed by atoms with Crippen molar-refractivity contribution in [1.82, 2.24) is 15.2 Å². The van der Waals surface area contributed by atoms with Crippen LogP contribution in [-0.2, 0) is 11.2 Å². The fourth-order valence-electron chi connectivity index (χ4n) is 1.74. The first-order valence-corrected chi connectivity index (χ1v) is 7.81. The molecule has 0 aliphatic carbocycles. The van der Waals surface area contributed by atoms with Gasteiger partial charge in [-0.1, -0.05) is 6.92 Å². The molecule has 0 bridgehead atoms. The van der Waals surface area contributed by atoms with Crippen LogP contribution in [-0.4, -0.2) is 32.2 Å². The Labute approximate surface area is 136 Å². The zero-order valence-electron chi connectivity index (χ0n) is 12.9. The molecule has 0 aliphatic rings. The van der Waals surface area contributed by atoms with Gasteiger partial charge in [0.2, 0.25) is 5.16 Å². The first-order chi connectivity index (χ1) is 10.9. The number of ether oxygens (including phenoxy) is 1. The first kappa shape index (κ1) is 16.9. The third-order valence-corrected chi connectivity index (χ3v) is 3.73.